The molecule has 0 saturated carbocycles. The van der Waals surface area contributed by atoms with E-state index in [0.717, 1.165) is 11.1 Å². The molecule has 108 valence electrons. The Labute approximate surface area is 120 Å². The van der Waals surface area contributed by atoms with Crippen LogP contribution in [0.2, 0.25) is 0 Å². The molecule has 0 amide bonds. The summed E-state index contributed by atoms with van der Waals surface area (Å²) in [6.45, 7) is 8.57. The quantitative estimate of drug-likeness (QED) is 0.861. The number of aliphatic hydroxyl groups excluding tert-OH is 1. The van der Waals surface area contributed by atoms with E-state index in [1.165, 1.54) is 5.57 Å². The molecule has 0 spiro atoms. The lowest BCUT2D eigenvalue weighted by Crippen LogP contribution is -2.49. The summed E-state index contributed by atoms with van der Waals surface area (Å²) in [6, 6.07) is 10.0. The highest BCUT2D eigenvalue weighted by Crippen LogP contribution is 2.54. The van der Waals surface area contributed by atoms with Crippen LogP contribution < -0.4 is 0 Å². The van der Waals surface area contributed by atoms with Crippen LogP contribution in [0.4, 0.5) is 0 Å². The van der Waals surface area contributed by atoms with E-state index in [0.29, 0.717) is 6.61 Å². The molecule has 3 heteroatoms. The van der Waals surface area contributed by atoms with E-state index in [9.17, 15) is 5.11 Å². The van der Waals surface area contributed by atoms with Gasteiger partial charge in [0.1, 0.15) is 23.4 Å². The van der Waals surface area contributed by atoms with Gasteiger partial charge in [-0.25, -0.2) is 0 Å². The Balaban J connectivity index is 1.82. The lowest BCUT2D eigenvalue weighted by molar-refractivity contribution is -0.0768. The number of benzene rings is 1. The minimum atomic E-state index is -0.625. The molecule has 1 aromatic carbocycles. The highest BCUT2D eigenvalue weighted by Gasteiger charge is 2.65. The molecule has 0 aromatic heterocycles. The number of ether oxygens (including phenoxy) is 2. The predicted octanol–water partition coefficient (Wildman–Crippen LogP) is 2.83. The largest absolute Gasteiger partial charge is 0.387 e. The molecule has 0 aliphatic carbocycles. The smallest absolute Gasteiger partial charge is 0.119 e. The molecule has 1 aromatic rings. The molecule has 1 saturated heterocycles. The Morgan fingerprint density at radius 3 is 2.30 bits per heavy atom. The number of hydrogen-bond donors (Lipinski definition) is 1. The first-order chi connectivity index (χ1) is 9.39. The zero-order valence-corrected chi connectivity index (χ0v) is 12.5. The average Bonchev–Trinajstić information content (AvgIpc) is 2.75. The van der Waals surface area contributed by atoms with E-state index in [2.05, 4.69) is 6.92 Å². The standard InChI is InChI=1S/C17H22O3/c1-11-12(2)17(4)15(14(18)16(11,3)20-17)19-10-13-8-6-5-7-9-13/h5-9,14-15,18H,10H2,1-4H3. The first-order valence-electron chi connectivity index (χ1n) is 7.12. The molecule has 20 heavy (non-hydrogen) atoms. The molecule has 4 unspecified atom stereocenters. The summed E-state index contributed by atoms with van der Waals surface area (Å²) in [5.74, 6) is 0. The van der Waals surface area contributed by atoms with Crippen LogP contribution in [0.3, 0.4) is 0 Å². The Morgan fingerprint density at radius 1 is 1.10 bits per heavy atom. The zero-order valence-electron chi connectivity index (χ0n) is 12.5. The summed E-state index contributed by atoms with van der Waals surface area (Å²) in [4.78, 5) is 0. The minimum absolute atomic E-state index is 0.323. The van der Waals surface area contributed by atoms with Gasteiger partial charge in [0, 0.05) is 0 Å². The van der Waals surface area contributed by atoms with Gasteiger partial charge in [0.15, 0.2) is 0 Å². The van der Waals surface area contributed by atoms with Gasteiger partial charge >= 0.3 is 0 Å². The van der Waals surface area contributed by atoms with Crippen LogP contribution in [-0.4, -0.2) is 28.5 Å². The number of aliphatic hydroxyl groups is 1. The fourth-order valence-electron chi connectivity index (χ4n) is 3.49. The van der Waals surface area contributed by atoms with Crippen LogP contribution in [0.25, 0.3) is 0 Å². The van der Waals surface area contributed by atoms with E-state index >= 15 is 0 Å². The highest BCUT2D eigenvalue weighted by atomic mass is 16.6. The first kappa shape index (κ1) is 13.8. The van der Waals surface area contributed by atoms with Crippen LogP contribution in [0.15, 0.2) is 41.5 Å². The second kappa shape index (κ2) is 4.42. The second-order valence-corrected chi connectivity index (χ2v) is 6.23. The zero-order chi connectivity index (χ0) is 14.5. The number of hydrogen-bond acceptors (Lipinski definition) is 3. The first-order valence-corrected chi connectivity index (χ1v) is 7.12. The Bertz CT molecular complexity index is 551. The molecular formula is C17H22O3. The topological polar surface area (TPSA) is 38.7 Å². The van der Waals surface area contributed by atoms with Crippen LogP contribution >= 0.6 is 0 Å². The lowest BCUT2D eigenvalue weighted by Gasteiger charge is -2.34. The van der Waals surface area contributed by atoms with Crippen molar-refractivity contribution in [2.75, 3.05) is 0 Å². The van der Waals surface area contributed by atoms with Gasteiger partial charge in [-0.1, -0.05) is 30.3 Å². The van der Waals surface area contributed by atoms with Crippen LogP contribution in [0.5, 0.6) is 0 Å². The summed E-state index contributed by atoms with van der Waals surface area (Å²) in [6.07, 6.45) is -0.948. The SMILES string of the molecule is CC1=C(C)C2(C)OC1(C)C(O)C2OCc1ccccc1. The maximum absolute atomic E-state index is 10.6. The van der Waals surface area contributed by atoms with E-state index in [-0.39, 0.29) is 6.10 Å². The van der Waals surface area contributed by atoms with Crippen LogP contribution in [-0.2, 0) is 16.1 Å². The van der Waals surface area contributed by atoms with E-state index in [1.54, 1.807) is 0 Å². The molecule has 3 rings (SSSR count). The molecule has 4 atom stereocenters. The third-order valence-corrected chi connectivity index (χ3v) is 5.14. The summed E-state index contributed by atoms with van der Waals surface area (Å²) in [5.41, 5.74) is 2.29. The fraction of sp³-hybridized carbons (Fsp3) is 0.529. The van der Waals surface area contributed by atoms with Crippen molar-refractivity contribution in [1.82, 2.24) is 0 Å². The molecule has 0 radical (unpaired) electrons. The predicted molar refractivity (Wildman–Crippen MR) is 77.3 cm³/mol. The van der Waals surface area contributed by atoms with Gasteiger partial charge in [0.25, 0.3) is 0 Å². The van der Waals surface area contributed by atoms with Crippen molar-refractivity contribution >= 4 is 0 Å². The van der Waals surface area contributed by atoms with Crippen molar-refractivity contribution in [2.24, 2.45) is 0 Å². The van der Waals surface area contributed by atoms with Crippen molar-refractivity contribution in [1.29, 1.82) is 0 Å². The van der Waals surface area contributed by atoms with E-state index < -0.39 is 17.3 Å². The molecule has 3 nitrogen and oxygen atoms in total. The summed E-state index contributed by atoms with van der Waals surface area (Å²) < 4.78 is 12.1. The van der Waals surface area contributed by atoms with Gasteiger partial charge in [-0.2, -0.15) is 0 Å². The lowest BCUT2D eigenvalue weighted by atomic mass is 9.75. The Morgan fingerprint density at radius 2 is 1.70 bits per heavy atom. The maximum atomic E-state index is 10.6. The number of rotatable bonds is 3. The van der Waals surface area contributed by atoms with Crippen LogP contribution in [0, 0.1) is 0 Å². The van der Waals surface area contributed by atoms with Gasteiger partial charge in [-0.05, 0) is 44.4 Å². The van der Waals surface area contributed by atoms with Crippen molar-refractivity contribution in [3.63, 3.8) is 0 Å². The van der Waals surface area contributed by atoms with E-state index in [1.807, 2.05) is 51.1 Å². The van der Waals surface area contributed by atoms with Gasteiger partial charge in [0.2, 0.25) is 0 Å². The molecular weight excluding hydrogens is 252 g/mol. The number of fused-ring (bicyclic) bond motifs is 2. The van der Waals surface area contributed by atoms with Crippen molar-refractivity contribution < 1.29 is 14.6 Å². The molecule has 1 N–H and O–H groups in total. The van der Waals surface area contributed by atoms with Crippen LogP contribution in [0.1, 0.15) is 33.3 Å². The average molecular weight is 274 g/mol. The molecule has 2 aliphatic rings. The minimum Gasteiger partial charge on any atom is -0.387 e. The highest BCUT2D eigenvalue weighted by molar-refractivity contribution is 5.42. The van der Waals surface area contributed by atoms with Crippen molar-refractivity contribution in [3.8, 4) is 0 Å². The van der Waals surface area contributed by atoms with Gasteiger partial charge in [-0.3, -0.25) is 0 Å². The monoisotopic (exact) mass is 274 g/mol. The Hall–Kier alpha value is -1.16. The maximum Gasteiger partial charge on any atom is 0.119 e. The van der Waals surface area contributed by atoms with Gasteiger partial charge in [-0.15, -0.1) is 0 Å². The summed E-state index contributed by atoms with van der Waals surface area (Å²) >= 11 is 0. The fourth-order valence-corrected chi connectivity index (χ4v) is 3.49. The summed E-state index contributed by atoms with van der Waals surface area (Å²) in [5, 5.41) is 10.6. The molecule has 2 bridgehead atoms. The summed E-state index contributed by atoms with van der Waals surface area (Å²) in [7, 11) is 0. The van der Waals surface area contributed by atoms with Crippen molar-refractivity contribution in [2.45, 2.75) is 57.7 Å². The second-order valence-electron chi connectivity index (χ2n) is 6.23. The Kier molecular flexibility index (Phi) is 3.05. The van der Waals surface area contributed by atoms with Crippen molar-refractivity contribution in [3.05, 3.63) is 47.0 Å². The molecule has 2 heterocycles. The molecule has 2 aliphatic heterocycles. The molecule has 1 fully saturated rings. The van der Waals surface area contributed by atoms with E-state index in [4.69, 9.17) is 9.47 Å². The third-order valence-electron chi connectivity index (χ3n) is 5.14. The van der Waals surface area contributed by atoms with Gasteiger partial charge in [0.05, 0.1) is 6.61 Å². The third kappa shape index (κ3) is 1.70. The van der Waals surface area contributed by atoms with Gasteiger partial charge < -0.3 is 14.6 Å². The normalized spacial score (nSPS) is 39.6.